The highest BCUT2D eigenvalue weighted by atomic mass is 16.5. The number of carbonyl (C=O) groups is 2. The molecule has 0 bridgehead atoms. The number of rotatable bonds is 6. The van der Waals surface area contributed by atoms with Gasteiger partial charge in [-0.25, -0.2) is 0 Å². The Kier molecular flexibility index (Phi) is 6.52. The smallest absolute Gasteiger partial charge is 0.241 e. The van der Waals surface area contributed by atoms with Crippen molar-refractivity contribution in [2.24, 2.45) is 5.73 Å². The summed E-state index contributed by atoms with van der Waals surface area (Å²) in [5, 5.41) is 2.86. The molecule has 1 fully saturated rings. The van der Waals surface area contributed by atoms with E-state index in [1.807, 2.05) is 35.2 Å². The maximum atomic E-state index is 12.1. The van der Waals surface area contributed by atoms with Crippen LogP contribution in [-0.4, -0.2) is 74.1 Å². The molecule has 1 atom stereocenters. The molecule has 0 aliphatic carbocycles. The Morgan fingerprint density at radius 2 is 1.87 bits per heavy atom. The normalized spacial score (nSPS) is 16.9. The minimum atomic E-state index is -0.618. The van der Waals surface area contributed by atoms with Crippen LogP contribution in [0.2, 0.25) is 0 Å². The summed E-state index contributed by atoms with van der Waals surface area (Å²) in [4.78, 5) is 27.9. The summed E-state index contributed by atoms with van der Waals surface area (Å²) < 4.78 is 4.91. The van der Waals surface area contributed by atoms with Crippen molar-refractivity contribution in [3.63, 3.8) is 0 Å². The minimum absolute atomic E-state index is 0.0490. The molecule has 1 unspecified atom stereocenters. The first kappa shape index (κ1) is 17.4. The molecular weight excluding hydrogens is 296 g/mol. The predicted octanol–water partition coefficient (Wildman–Crippen LogP) is -0.257. The highest BCUT2D eigenvalue weighted by molar-refractivity contribution is 5.92. The maximum Gasteiger partial charge on any atom is 0.241 e. The Bertz CT molecular complexity index is 515. The molecule has 1 aliphatic heterocycles. The van der Waals surface area contributed by atoms with Crippen molar-refractivity contribution in [2.75, 3.05) is 51.8 Å². The van der Waals surface area contributed by atoms with Crippen LogP contribution in [0.3, 0.4) is 0 Å². The molecule has 1 aliphatic rings. The Labute approximate surface area is 136 Å². The van der Waals surface area contributed by atoms with E-state index in [-0.39, 0.29) is 18.4 Å². The van der Waals surface area contributed by atoms with E-state index in [1.165, 1.54) is 7.11 Å². The van der Waals surface area contributed by atoms with Crippen LogP contribution in [-0.2, 0) is 14.3 Å². The molecule has 23 heavy (non-hydrogen) atoms. The topological polar surface area (TPSA) is 87.9 Å². The van der Waals surface area contributed by atoms with Crippen molar-refractivity contribution in [1.82, 2.24) is 9.80 Å². The van der Waals surface area contributed by atoms with Crippen molar-refractivity contribution in [1.29, 1.82) is 0 Å². The SMILES string of the molecule is COCC(N)C(=O)N1CCN(CC(=O)Nc2ccccc2)CC1. The number of benzene rings is 1. The number of methoxy groups -OCH3 is 1. The van der Waals surface area contributed by atoms with Crippen molar-refractivity contribution < 1.29 is 14.3 Å². The fourth-order valence-corrected chi connectivity index (χ4v) is 2.54. The highest BCUT2D eigenvalue weighted by Gasteiger charge is 2.25. The summed E-state index contributed by atoms with van der Waals surface area (Å²) in [5.74, 6) is -0.146. The quantitative estimate of drug-likeness (QED) is 0.754. The van der Waals surface area contributed by atoms with Crippen LogP contribution in [0, 0.1) is 0 Å². The number of para-hydroxylation sites is 1. The standard InChI is InChI=1S/C16H24N4O3/c1-23-12-14(17)16(22)20-9-7-19(8-10-20)11-15(21)18-13-5-3-2-4-6-13/h2-6,14H,7-12,17H2,1H3,(H,18,21). The molecular formula is C16H24N4O3. The first-order valence-electron chi connectivity index (χ1n) is 7.70. The van der Waals surface area contributed by atoms with Gasteiger partial charge < -0.3 is 20.7 Å². The molecule has 2 amide bonds. The first-order chi connectivity index (χ1) is 11.1. The third kappa shape index (κ3) is 5.31. The van der Waals surface area contributed by atoms with Gasteiger partial charge in [0, 0.05) is 39.0 Å². The third-order valence-electron chi connectivity index (χ3n) is 3.77. The minimum Gasteiger partial charge on any atom is -0.383 e. The van der Waals surface area contributed by atoms with E-state index in [1.54, 1.807) is 4.90 Å². The van der Waals surface area contributed by atoms with Crippen LogP contribution >= 0.6 is 0 Å². The molecule has 0 spiro atoms. The van der Waals surface area contributed by atoms with Crippen LogP contribution in [0.1, 0.15) is 0 Å². The summed E-state index contributed by atoms with van der Waals surface area (Å²) in [5.41, 5.74) is 6.55. The second-order valence-electron chi connectivity index (χ2n) is 5.58. The predicted molar refractivity (Wildman–Crippen MR) is 87.9 cm³/mol. The number of hydrogen-bond acceptors (Lipinski definition) is 5. The fourth-order valence-electron chi connectivity index (χ4n) is 2.54. The summed E-state index contributed by atoms with van der Waals surface area (Å²) in [6, 6.07) is 8.75. The lowest BCUT2D eigenvalue weighted by atomic mass is 10.2. The van der Waals surface area contributed by atoms with Gasteiger partial charge in [0.15, 0.2) is 0 Å². The van der Waals surface area contributed by atoms with E-state index in [0.29, 0.717) is 32.7 Å². The second kappa shape index (κ2) is 8.61. The molecule has 0 aromatic heterocycles. The zero-order valence-electron chi connectivity index (χ0n) is 13.4. The van der Waals surface area contributed by atoms with Gasteiger partial charge in [-0.3, -0.25) is 14.5 Å². The van der Waals surface area contributed by atoms with E-state index >= 15 is 0 Å². The van der Waals surface area contributed by atoms with Gasteiger partial charge >= 0.3 is 0 Å². The molecule has 126 valence electrons. The number of amides is 2. The Balaban J connectivity index is 1.74. The molecule has 2 rings (SSSR count). The molecule has 0 radical (unpaired) electrons. The molecule has 1 aromatic rings. The summed E-state index contributed by atoms with van der Waals surface area (Å²) in [6.07, 6.45) is 0. The van der Waals surface area contributed by atoms with Gasteiger partial charge in [0.05, 0.1) is 13.2 Å². The molecule has 0 saturated carbocycles. The van der Waals surface area contributed by atoms with Crippen LogP contribution in [0.25, 0.3) is 0 Å². The monoisotopic (exact) mass is 320 g/mol. The second-order valence-corrected chi connectivity index (χ2v) is 5.58. The number of anilines is 1. The first-order valence-corrected chi connectivity index (χ1v) is 7.70. The largest absolute Gasteiger partial charge is 0.383 e. The molecule has 7 nitrogen and oxygen atoms in total. The zero-order valence-corrected chi connectivity index (χ0v) is 13.4. The van der Waals surface area contributed by atoms with E-state index in [0.717, 1.165) is 5.69 Å². The molecule has 7 heteroatoms. The van der Waals surface area contributed by atoms with E-state index in [9.17, 15) is 9.59 Å². The molecule has 1 aromatic carbocycles. The van der Waals surface area contributed by atoms with Gasteiger partial charge in [-0.2, -0.15) is 0 Å². The van der Waals surface area contributed by atoms with E-state index < -0.39 is 6.04 Å². The van der Waals surface area contributed by atoms with Crippen molar-refractivity contribution in [3.05, 3.63) is 30.3 Å². The van der Waals surface area contributed by atoms with Crippen LogP contribution in [0.5, 0.6) is 0 Å². The number of nitrogens with zero attached hydrogens (tertiary/aromatic N) is 2. The Morgan fingerprint density at radius 3 is 2.48 bits per heavy atom. The Hall–Kier alpha value is -1.96. The number of hydrogen-bond donors (Lipinski definition) is 2. The van der Waals surface area contributed by atoms with Gasteiger partial charge in [-0.1, -0.05) is 18.2 Å². The molecule has 1 saturated heterocycles. The highest BCUT2D eigenvalue weighted by Crippen LogP contribution is 2.07. The van der Waals surface area contributed by atoms with Gasteiger partial charge in [0.1, 0.15) is 6.04 Å². The van der Waals surface area contributed by atoms with Gasteiger partial charge in [0.2, 0.25) is 11.8 Å². The number of ether oxygens (including phenoxy) is 1. The Morgan fingerprint density at radius 1 is 1.22 bits per heavy atom. The van der Waals surface area contributed by atoms with Crippen molar-refractivity contribution in [2.45, 2.75) is 6.04 Å². The summed E-state index contributed by atoms with van der Waals surface area (Å²) >= 11 is 0. The lowest BCUT2D eigenvalue weighted by Crippen LogP contribution is -2.55. The summed E-state index contributed by atoms with van der Waals surface area (Å²) in [7, 11) is 1.52. The van der Waals surface area contributed by atoms with Crippen molar-refractivity contribution >= 4 is 17.5 Å². The zero-order chi connectivity index (χ0) is 16.7. The maximum absolute atomic E-state index is 12.1. The molecule has 3 N–H and O–H groups in total. The number of nitrogens with two attached hydrogens (primary N) is 1. The average Bonchev–Trinajstić information content (AvgIpc) is 2.56. The molecule has 1 heterocycles. The summed E-state index contributed by atoms with van der Waals surface area (Å²) in [6.45, 7) is 3.02. The lowest BCUT2D eigenvalue weighted by molar-refractivity contribution is -0.135. The van der Waals surface area contributed by atoms with Gasteiger partial charge in [0.25, 0.3) is 0 Å². The third-order valence-corrected chi connectivity index (χ3v) is 3.77. The van der Waals surface area contributed by atoms with Gasteiger partial charge in [-0.05, 0) is 12.1 Å². The van der Waals surface area contributed by atoms with Gasteiger partial charge in [-0.15, -0.1) is 0 Å². The number of carbonyl (C=O) groups excluding carboxylic acids is 2. The lowest BCUT2D eigenvalue weighted by Gasteiger charge is -2.35. The fraction of sp³-hybridized carbons (Fsp3) is 0.500. The van der Waals surface area contributed by atoms with Crippen LogP contribution in [0.15, 0.2) is 30.3 Å². The number of piperazine rings is 1. The number of nitrogens with one attached hydrogen (secondary N) is 1. The van der Waals surface area contributed by atoms with Crippen LogP contribution < -0.4 is 11.1 Å². The average molecular weight is 320 g/mol. The van der Waals surface area contributed by atoms with Crippen LogP contribution in [0.4, 0.5) is 5.69 Å². The van der Waals surface area contributed by atoms with E-state index in [2.05, 4.69) is 5.32 Å². The van der Waals surface area contributed by atoms with Crippen molar-refractivity contribution in [3.8, 4) is 0 Å². The van der Waals surface area contributed by atoms with E-state index in [4.69, 9.17) is 10.5 Å².